The van der Waals surface area contributed by atoms with E-state index in [1.54, 1.807) is 44.2 Å². The second-order valence-corrected chi connectivity index (χ2v) is 7.74. The molecule has 2 aromatic carbocycles. The second-order valence-electron chi connectivity index (χ2n) is 7.74. The zero-order valence-corrected chi connectivity index (χ0v) is 15.7. The van der Waals surface area contributed by atoms with Crippen molar-refractivity contribution in [3.05, 3.63) is 42.0 Å². The summed E-state index contributed by atoms with van der Waals surface area (Å²) in [7, 11) is 0. The van der Waals surface area contributed by atoms with Gasteiger partial charge < -0.3 is 4.74 Å². The molecule has 1 atom stereocenters. The van der Waals surface area contributed by atoms with Gasteiger partial charge in [0.25, 0.3) is 0 Å². The highest BCUT2D eigenvalue weighted by Gasteiger charge is 2.53. The van der Waals surface area contributed by atoms with Crippen LogP contribution in [-0.2, 0) is 4.79 Å². The maximum absolute atomic E-state index is 14.1. The number of halogens is 3. The van der Waals surface area contributed by atoms with Crippen molar-refractivity contribution in [2.45, 2.75) is 58.0 Å². The number of carbonyl (C=O) groups is 1. The zero-order valence-electron chi connectivity index (χ0n) is 15.7. The normalized spacial score (nSPS) is 18.7. The molecular formula is C20H23F3N2O2. The van der Waals surface area contributed by atoms with Gasteiger partial charge in [0.05, 0.1) is 6.10 Å². The molecule has 27 heavy (non-hydrogen) atoms. The highest BCUT2D eigenvalue weighted by Crippen LogP contribution is 2.45. The van der Waals surface area contributed by atoms with E-state index in [1.807, 2.05) is 13.8 Å². The van der Waals surface area contributed by atoms with Gasteiger partial charge in [-0.1, -0.05) is 24.3 Å². The lowest BCUT2D eigenvalue weighted by Gasteiger charge is -2.38. The van der Waals surface area contributed by atoms with Crippen LogP contribution in [0.1, 0.15) is 45.7 Å². The molecule has 2 aromatic rings. The molecular weight excluding hydrogens is 357 g/mol. The van der Waals surface area contributed by atoms with Gasteiger partial charge in [-0.2, -0.15) is 18.2 Å². The van der Waals surface area contributed by atoms with Crippen LogP contribution in [0.25, 0.3) is 10.8 Å². The molecule has 1 N–H and O–H groups in total. The van der Waals surface area contributed by atoms with Crippen LogP contribution >= 0.6 is 0 Å². The van der Waals surface area contributed by atoms with Gasteiger partial charge in [0.15, 0.2) is 6.04 Å². The smallest absolute Gasteiger partial charge is 0.409 e. The summed E-state index contributed by atoms with van der Waals surface area (Å²) in [5, 5.41) is 2.16. The average molecular weight is 380 g/mol. The van der Waals surface area contributed by atoms with Crippen LogP contribution in [0.4, 0.5) is 13.2 Å². The summed E-state index contributed by atoms with van der Waals surface area (Å²) >= 11 is 0. The van der Waals surface area contributed by atoms with E-state index in [2.05, 4.69) is 5.43 Å². The Morgan fingerprint density at radius 1 is 1.19 bits per heavy atom. The molecule has 1 saturated heterocycles. The Bertz CT molecular complexity index is 862. The molecule has 0 bridgehead atoms. The summed E-state index contributed by atoms with van der Waals surface area (Å²) in [6.45, 7) is 6.97. The number of hydrazine groups is 1. The number of ether oxygens (including phenoxy) is 1. The maximum Gasteiger partial charge on any atom is 0.409 e. The van der Waals surface area contributed by atoms with Crippen LogP contribution in [0.15, 0.2) is 36.4 Å². The Morgan fingerprint density at radius 2 is 1.89 bits per heavy atom. The highest BCUT2D eigenvalue weighted by molar-refractivity contribution is 5.88. The summed E-state index contributed by atoms with van der Waals surface area (Å²) < 4.78 is 48.1. The van der Waals surface area contributed by atoms with Gasteiger partial charge in [-0.15, -0.1) is 0 Å². The van der Waals surface area contributed by atoms with E-state index >= 15 is 0 Å². The largest absolute Gasteiger partial charge is 0.491 e. The third-order valence-electron chi connectivity index (χ3n) is 4.61. The predicted octanol–water partition coefficient (Wildman–Crippen LogP) is 4.75. The summed E-state index contributed by atoms with van der Waals surface area (Å²) in [6, 6.07) is 7.99. The number of benzene rings is 2. The van der Waals surface area contributed by atoms with Gasteiger partial charge in [-0.3, -0.25) is 10.2 Å². The molecule has 1 aliphatic heterocycles. The van der Waals surface area contributed by atoms with Crippen LogP contribution in [0.5, 0.6) is 5.75 Å². The van der Waals surface area contributed by atoms with Crippen LogP contribution < -0.4 is 10.2 Å². The first-order valence-electron chi connectivity index (χ1n) is 8.84. The van der Waals surface area contributed by atoms with Crippen molar-refractivity contribution in [3.63, 3.8) is 0 Å². The molecule has 1 aliphatic rings. The van der Waals surface area contributed by atoms with Crippen LogP contribution in [0, 0.1) is 0 Å². The Kier molecular flexibility index (Phi) is 4.84. The molecule has 1 amide bonds. The lowest BCUT2D eigenvalue weighted by atomic mass is 9.93. The molecule has 0 spiro atoms. The van der Waals surface area contributed by atoms with E-state index in [9.17, 15) is 18.0 Å². The van der Waals surface area contributed by atoms with E-state index in [1.165, 1.54) is 6.07 Å². The van der Waals surface area contributed by atoms with Crippen LogP contribution in [0.2, 0.25) is 0 Å². The summed E-state index contributed by atoms with van der Waals surface area (Å²) in [5.74, 6) is 0.0916. The van der Waals surface area contributed by atoms with Gasteiger partial charge in [-0.25, -0.2) is 0 Å². The number of hydrogen-bond donors (Lipinski definition) is 1. The fraction of sp³-hybridized carbons (Fsp3) is 0.450. The van der Waals surface area contributed by atoms with E-state index in [0.717, 1.165) is 5.01 Å². The average Bonchev–Trinajstić information content (AvgIpc) is 2.78. The number of carbonyl (C=O) groups excluding carboxylic acids is 1. The first kappa shape index (κ1) is 19.5. The highest BCUT2D eigenvalue weighted by atomic mass is 19.4. The van der Waals surface area contributed by atoms with Crippen molar-refractivity contribution in [1.82, 2.24) is 10.4 Å². The van der Waals surface area contributed by atoms with E-state index in [-0.39, 0.29) is 18.1 Å². The van der Waals surface area contributed by atoms with Crippen LogP contribution in [0.3, 0.4) is 0 Å². The van der Waals surface area contributed by atoms with Crippen molar-refractivity contribution >= 4 is 16.7 Å². The number of rotatable bonds is 4. The topological polar surface area (TPSA) is 41.6 Å². The molecule has 0 radical (unpaired) electrons. The molecule has 4 nitrogen and oxygen atoms in total. The van der Waals surface area contributed by atoms with Gasteiger partial charge in [0.2, 0.25) is 5.91 Å². The van der Waals surface area contributed by atoms with Gasteiger partial charge in [0, 0.05) is 12.0 Å². The summed E-state index contributed by atoms with van der Waals surface area (Å²) in [4.78, 5) is 11.8. The quantitative estimate of drug-likeness (QED) is 0.833. The Labute approximate surface area is 156 Å². The number of alkyl halides is 3. The minimum atomic E-state index is -4.57. The molecule has 0 saturated carbocycles. The summed E-state index contributed by atoms with van der Waals surface area (Å²) in [5.41, 5.74) is 1.52. The third kappa shape index (κ3) is 3.88. The van der Waals surface area contributed by atoms with Crippen molar-refractivity contribution in [2.75, 3.05) is 0 Å². The second kappa shape index (κ2) is 6.71. The minimum Gasteiger partial charge on any atom is -0.491 e. The molecule has 7 heteroatoms. The monoisotopic (exact) mass is 380 g/mol. The first-order valence-corrected chi connectivity index (χ1v) is 8.84. The van der Waals surface area contributed by atoms with Gasteiger partial charge >= 0.3 is 6.18 Å². The minimum absolute atomic E-state index is 0.00601. The van der Waals surface area contributed by atoms with E-state index in [4.69, 9.17) is 4.74 Å². The molecule has 1 fully saturated rings. The molecule has 3 rings (SSSR count). The van der Waals surface area contributed by atoms with Gasteiger partial charge in [-0.05, 0) is 56.2 Å². The fourth-order valence-corrected chi connectivity index (χ4v) is 3.54. The van der Waals surface area contributed by atoms with Gasteiger partial charge in [0.1, 0.15) is 5.75 Å². The van der Waals surface area contributed by atoms with Crippen molar-refractivity contribution in [1.29, 1.82) is 0 Å². The van der Waals surface area contributed by atoms with E-state index < -0.39 is 23.7 Å². The van der Waals surface area contributed by atoms with Crippen LogP contribution in [-0.4, -0.2) is 28.7 Å². The standard InChI is InChI=1S/C20H23F3N2O2/c1-12(2)27-14-9-8-13-6-5-7-15(16(13)10-14)18(20(21,22)23)25-19(3,4)11-17(26)24-25/h5-10,12,18H,11H2,1-4H3,(H,24,26)/t18-/m0/s1. The fourth-order valence-electron chi connectivity index (χ4n) is 3.54. The van der Waals surface area contributed by atoms with E-state index in [0.29, 0.717) is 16.5 Å². The molecule has 146 valence electrons. The van der Waals surface area contributed by atoms with Crippen molar-refractivity contribution in [3.8, 4) is 5.75 Å². The number of hydrogen-bond acceptors (Lipinski definition) is 3. The van der Waals surface area contributed by atoms with Crippen molar-refractivity contribution < 1.29 is 22.7 Å². The molecule has 0 aromatic heterocycles. The lowest BCUT2D eigenvalue weighted by molar-refractivity contribution is -0.203. The Morgan fingerprint density at radius 3 is 2.44 bits per heavy atom. The molecule has 1 heterocycles. The first-order chi connectivity index (χ1) is 12.5. The third-order valence-corrected chi connectivity index (χ3v) is 4.61. The number of nitrogens with zero attached hydrogens (tertiary/aromatic N) is 1. The lowest BCUT2D eigenvalue weighted by Crippen LogP contribution is -2.51. The number of nitrogens with one attached hydrogen (secondary N) is 1. The van der Waals surface area contributed by atoms with Crippen molar-refractivity contribution in [2.24, 2.45) is 0 Å². The predicted molar refractivity (Wildman–Crippen MR) is 97.2 cm³/mol. The molecule has 0 aliphatic carbocycles. The maximum atomic E-state index is 14.1. The SMILES string of the molecule is CC(C)Oc1ccc2cccc([C@H](N3NC(=O)CC3(C)C)C(F)(F)F)c2c1. The Balaban J connectivity index is 2.17. The number of fused-ring (bicyclic) bond motifs is 1. The number of amides is 1. The summed E-state index contributed by atoms with van der Waals surface area (Å²) in [6.07, 6.45) is -4.66. The molecule has 0 unspecified atom stereocenters. The Hall–Kier alpha value is -2.28. The zero-order chi connectivity index (χ0) is 20.0.